The normalized spacial score (nSPS) is 17.5. The maximum atomic E-state index is 13.1. The van der Waals surface area contributed by atoms with E-state index in [1.165, 1.54) is 25.2 Å². The van der Waals surface area contributed by atoms with Gasteiger partial charge in [-0.3, -0.25) is 19.5 Å². The van der Waals surface area contributed by atoms with E-state index in [1.54, 1.807) is 60.9 Å². The summed E-state index contributed by atoms with van der Waals surface area (Å²) in [7, 11) is 2.96. The van der Waals surface area contributed by atoms with E-state index in [-0.39, 0.29) is 11.3 Å². The van der Waals surface area contributed by atoms with E-state index in [4.69, 9.17) is 21.1 Å². The molecule has 1 amide bonds. The van der Waals surface area contributed by atoms with Crippen LogP contribution in [0.15, 0.2) is 72.6 Å². The largest absolute Gasteiger partial charge is 0.507 e. The number of rotatable bonds is 5. The summed E-state index contributed by atoms with van der Waals surface area (Å²) in [6, 6.07) is 14.0. The quantitative estimate of drug-likeness (QED) is 0.352. The van der Waals surface area contributed by atoms with Gasteiger partial charge in [0.2, 0.25) is 0 Å². The first kappa shape index (κ1) is 21.4. The van der Waals surface area contributed by atoms with Crippen molar-refractivity contribution in [1.29, 1.82) is 0 Å². The van der Waals surface area contributed by atoms with Crippen molar-refractivity contribution in [3.05, 3.63) is 88.7 Å². The molecule has 1 unspecified atom stereocenters. The fourth-order valence-corrected chi connectivity index (χ4v) is 3.87. The highest BCUT2D eigenvalue weighted by molar-refractivity contribution is 6.51. The lowest BCUT2D eigenvalue weighted by atomic mass is 9.96. The zero-order chi connectivity index (χ0) is 22.8. The monoisotopic (exact) mass is 450 g/mol. The summed E-state index contributed by atoms with van der Waals surface area (Å²) in [4.78, 5) is 31.7. The predicted octanol–water partition coefficient (Wildman–Crippen LogP) is 4.38. The third-order valence-corrected chi connectivity index (χ3v) is 5.51. The number of pyridine rings is 1. The third kappa shape index (κ3) is 3.67. The predicted molar refractivity (Wildman–Crippen MR) is 120 cm³/mol. The molecule has 1 aromatic heterocycles. The van der Waals surface area contributed by atoms with E-state index in [0.717, 1.165) is 0 Å². The molecule has 162 valence electrons. The number of Topliss-reactive ketones (excluding diaryl/α,β-unsaturated/α-hetero) is 1. The van der Waals surface area contributed by atoms with E-state index in [1.807, 2.05) is 0 Å². The number of anilines is 1. The van der Waals surface area contributed by atoms with Crippen LogP contribution in [0.5, 0.6) is 11.5 Å². The molecule has 4 rings (SSSR count). The molecule has 0 spiro atoms. The second-order valence-electron chi connectivity index (χ2n) is 7.01. The van der Waals surface area contributed by atoms with Crippen molar-refractivity contribution >= 4 is 34.7 Å². The molecule has 1 fully saturated rings. The molecular weight excluding hydrogens is 432 g/mol. The van der Waals surface area contributed by atoms with Crippen LogP contribution in [0.2, 0.25) is 5.02 Å². The summed E-state index contributed by atoms with van der Waals surface area (Å²) in [5.41, 5.74) is 1.25. The number of amides is 1. The minimum atomic E-state index is -0.891. The van der Waals surface area contributed by atoms with Crippen LogP contribution in [0, 0.1) is 0 Å². The Morgan fingerprint density at radius 3 is 2.56 bits per heavy atom. The fourth-order valence-electron chi connectivity index (χ4n) is 3.67. The minimum Gasteiger partial charge on any atom is -0.507 e. The average molecular weight is 451 g/mol. The van der Waals surface area contributed by atoms with E-state index in [0.29, 0.717) is 33.3 Å². The van der Waals surface area contributed by atoms with Crippen LogP contribution in [0.3, 0.4) is 0 Å². The lowest BCUT2D eigenvalue weighted by Gasteiger charge is -2.25. The van der Waals surface area contributed by atoms with Gasteiger partial charge in [0, 0.05) is 29.7 Å². The molecule has 1 N–H and O–H groups in total. The van der Waals surface area contributed by atoms with E-state index in [9.17, 15) is 14.7 Å². The summed E-state index contributed by atoms with van der Waals surface area (Å²) in [6.07, 6.45) is 3.14. The maximum absolute atomic E-state index is 13.1. The van der Waals surface area contributed by atoms with Crippen molar-refractivity contribution < 1.29 is 24.2 Å². The maximum Gasteiger partial charge on any atom is 0.300 e. The molecule has 0 aliphatic carbocycles. The second kappa shape index (κ2) is 8.72. The van der Waals surface area contributed by atoms with Gasteiger partial charge >= 0.3 is 0 Å². The number of methoxy groups -OCH3 is 2. The molecule has 2 aromatic carbocycles. The van der Waals surface area contributed by atoms with E-state index < -0.39 is 17.7 Å². The van der Waals surface area contributed by atoms with Crippen LogP contribution in [0.1, 0.15) is 17.2 Å². The number of ether oxygens (including phenoxy) is 2. The van der Waals surface area contributed by atoms with Crippen LogP contribution >= 0.6 is 11.6 Å². The molecule has 0 bridgehead atoms. The Balaban J connectivity index is 1.94. The Labute approximate surface area is 189 Å². The van der Waals surface area contributed by atoms with Crippen molar-refractivity contribution in [2.24, 2.45) is 0 Å². The summed E-state index contributed by atoms with van der Waals surface area (Å²) in [5, 5.41) is 11.5. The number of halogens is 1. The molecule has 0 radical (unpaired) electrons. The topological polar surface area (TPSA) is 89.0 Å². The SMILES string of the molecule is COc1cccc(N2C(=O)C(=O)/C(=C(/O)c3ccc(Cl)c(OC)c3)C2c2cccnc2)c1. The second-order valence-corrected chi connectivity index (χ2v) is 7.41. The molecule has 3 aromatic rings. The zero-order valence-electron chi connectivity index (χ0n) is 17.3. The van der Waals surface area contributed by atoms with Crippen molar-refractivity contribution in [3.63, 3.8) is 0 Å². The van der Waals surface area contributed by atoms with Gasteiger partial charge in [0.05, 0.1) is 30.9 Å². The van der Waals surface area contributed by atoms with E-state index in [2.05, 4.69) is 4.98 Å². The van der Waals surface area contributed by atoms with Gasteiger partial charge in [-0.15, -0.1) is 0 Å². The van der Waals surface area contributed by atoms with Gasteiger partial charge in [0.15, 0.2) is 0 Å². The van der Waals surface area contributed by atoms with Gasteiger partial charge in [-0.1, -0.05) is 23.7 Å². The van der Waals surface area contributed by atoms with Gasteiger partial charge in [-0.25, -0.2) is 0 Å². The number of benzene rings is 2. The number of hydrogen-bond acceptors (Lipinski definition) is 6. The first-order chi connectivity index (χ1) is 15.5. The Kier molecular flexibility index (Phi) is 5.83. The smallest absolute Gasteiger partial charge is 0.300 e. The highest BCUT2D eigenvalue weighted by atomic mass is 35.5. The van der Waals surface area contributed by atoms with Gasteiger partial charge in [0.25, 0.3) is 11.7 Å². The van der Waals surface area contributed by atoms with Crippen LogP contribution in [0.4, 0.5) is 5.69 Å². The van der Waals surface area contributed by atoms with Crippen LogP contribution in [-0.2, 0) is 9.59 Å². The average Bonchev–Trinajstić information content (AvgIpc) is 3.10. The van der Waals surface area contributed by atoms with E-state index >= 15 is 0 Å². The van der Waals surface area contributed by atoms with Gasteiger partial charge in [-0.05, 0) is 42.0 Å². The number of ketones is 1. The number of aliphatic hydroxyl groups excluding tert-OH is 1. The zero-order valence-corrected chi connectivity index (χ0v) is 18.0. The van der Waals surface area contributed by atoms with Crippen LogP contribution in [0.25, 0.3) is 5.76 Å². The molecule has 0 saturated carbocycles. The molecular formula is C24H19ClN2O5. The summed E-state index contributed by atoms with van der Waals surface area (Å²) in [6.45, 7) is 0. The lowest BCUT2D eigenvalue weighted by molar-refractivity contribution is -0.132. The molecule has 1 aliphatic heterocycles. The molecule has 32 heavy (non-hydrogen) atoms. The third-order valence-electron chi connectivity index (χ3n) is 5.20. The van der Waals surface area contributed by atoms with Crippen molar-refractivity contribution in [2.75, 3.05) is 19.1 Å². The van der Waals surface area contributed by atoms with Gasteiger partial charge < -0.3 is 14.6 Å². The van der Waals surface area contributed by atoms with Crippen LogP contribution < -0.4 is 14.4 Å². The van der Waals surface area contributed by atoms with Crippen molar-refractivity contribution in [1.82, 2.24) is 4.98 Å². The Hall–Kier alpha value is -3.84. The number of nitrogens with zero attached hydrogens (tertiary/aromatic N) is 2. The Bertz CT molecular complexity index is 1230. The van der Waals surface area contributed by atoms with Gasteiger partial charge in [-0.2, -0.15) is 0 Å². The molecule has 8 heteroatoms. The summed E-state index contributed by atoms with van der Waals surface area (Å²) < 4.78 is 10.5. The highest BCUT2D eigenvalue weighted by Gasteiger charge is 2.47. The number of hydrogen-bond donors (Lipinski definition) is 1. The lowest BCUT2D eigenvalue weighted by Crippen LogP contribution is -2.29. The highest BCUT2D eigenvalue weighted by Crippen LogP contribution is 2.43. The Morgan fingerprint density at radius 2 is 1.88 bits per heavy atom. The molecule has 7 nitrogen and oxygen atoms in total. The van der Waals surface area contributed by atoms with Crippen molar-refractivity contribution in [3.8, 4) is 11.5 Å². The van der Waals surface area contributed by atoms with Crippen molar-refractivity contribution in [2.45, 2.75) is 6.04 Å². The first-order valence-electron chi connectivity index (χ1n) is 9.65. The summed E-state index contributed by atoms with van der Waals surface area (Å²) >= 11 is 6.10. The molecule has 2 heterocycles. The van der Waals surface area contributed by atoms with Crippen LogP contribution in [-0.4, -0.2) is 36.0 Å². The standard InChI is InChI=1S/C24H19ClN2O5/c1-31-17-7-3-6-16(12-17)27-21(15-5-4-10-26-13-15)20(23(29)24(27)30)22(28)14-8-9-18(25)19(11-14)32-2/h3-13,21,28H,1-2H3/b22-20+. The number of aliphatic hydroxyl groups is 1. The number of carbonyl (C=O) groups is 2. The fraction of sp³-hybridized carbons (Fsp3) is 0.125. The molecule has 1 atom stereocenters. The number of carbonyl (C=O) groups excluding carboxylic acids is 2. The molecule has 1 aliphatic rings. The van der Waals surface area contributed by atoms with Gasteiger partial charge in [0.1, 0.15) is 17.3 Å². The number of aromatic nitrogens is 1. The minimum absolute atomic E-state index is 0.0600. The molecule has 1 saturated heterocycles. The first-order valence-corrected chi connectivity index (χ1v) is 10.0. The summed E-state index contributed by atoms with van der Waals surface area (Å²) in [5.74, 6) is -1.06. The Morgan fingerprint density at radius 1 is 1.06 bits per heavy atom.